The summed E-state index contributed by atoms with van der Waals surface area (Å²) < 4.78 is 14.1. The summed E-state index contributed by atoms with van der Waals surface area (Å²) in [4.78, 5) is 0. The molecule has 0 aliphatic carbocycles. The third kappa shape index (κ3) is 3.77. The minimum Gasteiger partial charge on any atom is -0.332 e. The molecule has 2 rings (SSSR count). The van der Waals surface area contributed by atoms with Crippen molar-refractivity contribution in [2.45, 2.75) is 13.8 Å². The van der Waals surface area contributed by atoms with Gasteiger partial charge >= 0.3 is 0 Å². The minimum absolute atomic E-state index is 0.254. The van der Waals surface area contributed by atoms with Crippen molar-refractivity contribution in [2.75, 3.05) is 10.6 Å². The van der Waals surface area contributed by atoms with Crippen molar-refractivity contribution in [3.8, 4) is 0 Å². The summed E-state index contributed by atoms with van der Waals surface area (Å²) in [5.41, 5.74) is 3.62. The van der Waals surface area contributed by atoms with Gasteiger partial charge in [-0.05, 0) is 73.6 Å². The van der Waals surface area contributed by atoms with Crippen LogP contribution in [0.2, 0.25) is 0 Å². The molecule has 0 heterocycles. The van der Waals surface area contributed by atoms with E-state index in [1.54, 1.807) is 6.07 Å². The van der Waals surface area contributed by atoms with Gasteiger partial charge in [-0.1, -0.05) is 15.9 Å². The van der Waals surface area contributed by atoms with E-state index in [0.717, 1.165) is 27.0 Å². The summed E-state index contributed by atoms with van der Waals surface area (Å²) in [5, 5.41) is 6.64. The third-order valence-electron chi connectivity index (χ3n) is 2.85. The van der Waals surface area contributed by atoms with Crippen LogP contribution in [0, 0.1) is 19.7 Å². The fraction of sp³-hybridized carbons (Fsp3) is 0.133. The lowest BCUT2D eigenvalue weighted by Gasteiger charge is -2.13. The summed E-state index contributed by atoms with van der Waals surface area (Å²) in [6.45, 7) is 3.84. The zero-order chi connectivity index (χ0) is 14.7. The molecule has 0 unspecified atom stereocenters. The van der Waals surface area contributed by atoms with Gasteiger partial charge in [0.1, 0.15) is 5.82 Å². The van der Waals surface area contributed by atoms with Crippen LogP contribution in [0.5, 0.6) is 0 Å². The number of rotatable bonds is 2. The van der Waals surface area contributed by atoms with Gasteiger partial charge in [0, 0.05) is 15.8 Å². The molecular weight excluding hydrogens is 339 g/mol. The first-order chi connectivity index (χ1) is 9.45. The maximum absolute atomic E-state index is 13.0. The first kappa shape index (κ1) is 14.9. The van der Waals surface area contributed by atoms with Gasteiger partial charge in [0.05, 0.1) is 0 Å². The highest BCUT2D eigenvalue weighted by Gasteiger charge is 2.04. The van der Waals surface area contributed by atoms with E-state index in [4.69, 9.17) is 12.2 Å². The van der Waals surface area contributed by atoms with Crippen LogP contribution < -0.4 is 10.6 Å². The summed E-state index contributed by atoms with van der Waals surface area (Å²) in [7, 11) is 0. The predicted molar refractivity (Wildman–Crippen MR) is 89.9 cm³/mol. The number of anilines is 2. The quantitative estimate of drug-likeness (QED) is 0.742. The van der Waals surface area contributed by atoms with E-state index in [0.29, 0.717) is 5.11 Å². The van der Waals surface area contributed by atoms with E-state index in [9.17, 15) is 4.39 Å². The van der Waals surface area contributed by atoms with Gasteiger partial charge in [0.15, 0.2) is 5.11 Å². The van der Waals surface area contributed by atoms with Crippen LogP contribution in [0.3, 0.4) is 0 Å². The first-order valence-electron chi connectivity index (χ1n) is 6.06. The third-order valence-corrected chi connectivity index (χ3v) is 3.95. The Kier molecular flexibility index (Phi) is 4.73. The van der Waals surface area contributed by atoms with Gasteiger partial charge in [-0.2, -0.15) is 0 Å². The Morgan fingerprint density at radius 3 is 2.45 bits per heavy atom. The molecule has 0 bridgehead atoms. The molecule has 0 aromatic heterocycles. The molecule has 5 heteroatoms. The second-order valence-electron chi connectivity index (χ2n) is 4.50. The number of hydrogen-bond acceptors (Lipinski definition) is 1. The standard InChI is InChI=1S/C15H14BrFN2S/c1-9-8-12(4-5-13(9)16)18-15(20)19-14-6-3-11(17)7-10(14)2/h3-8H,1-2H3,(H2,18,19,20). The molecule has 0 spiro atoms. The zero-order valence-electron chi connectivity index (χ0n) is 11.1. The minimum atomic E-state index is -0.254. The van der Waals surface area contributed by atoms with Crippen molar-refractivity contribution < 1.29 is 4.39 Å². The van der Waals surface area contributed by atoms with Crippen molar-refractivity contribution in [1.29, 1.82) is 0 Å². The lowest BCUT2D eigenvalue weighted by Crippen LogP contribution is -2.19. The monoisotopic (exact) mass is 352 g/mol. The predicted octanol–water partition coefficient (Wildman–Crippen LogP) is 5.01. The SMILES string of the molecule is Cc1cc(NC(=S)Nc2ccc(F)cc2C)ccc1Br. The Bertz CT molecular complexity index is 658. The first-order valence-corrected chi connectivity index (χ1v) is 7.26. The fourth-order valence-electron chi connectivity index (χ4n) is 1.77. The topological polar surface area (TPSA) is 24.1 Å². The molecular formula is C15H14BrFN2S. The Hall–Kier alpha value is -1.46. The largest absolute Gasteiger partial charge is 0.332 e. The summed E-state index contributed by atoms with van der Waals surface area (Å²) in [6, 6.07) is 10.4. The van der Waals surface area contributed by atoms with Crippen LogP contribution in [-0.4, -0.2) is 5.11 Å². The van der Waals surface area contributed by atoms with Crippen LogP contribution in [0.15, 0.2) is 40.9 Å². The van der Waals surface area contributed by atoms with Gasteiger partial charge in [0.2, 0.25) is 0 Å². The molecule has 0 amide bonds. The Morgan fingerprint density at radius 2 is 1.80 bits per heavy atom. The van der Waals surface area contributed by atoms with E-state index in [2.05, 4.69) is 26.6 Å². The zero-order valence-corrected chi connectivity index (χ0v) is 13.5. The average molecular weight is 353 g/mol. The molecule has 0 radical (unpaired) electrons. The molecule has 2 nitrogen and oxygen atoms in total. The molecule has 0 atom stereocenters. The van der Waals surface area contributed by atoms with Gasteiger partial charge in [-0.25, -0.2) is 4.39 Å². The van der Waals surface area contributed by atoms with E-state index >= 15 is 0 Å². The molecule has 0 saturated carbocycles. The van der Waals surface area contributed by atoms with E-state index in [1.807, 2.05) is 32.0 Å². The molecule has 0 aliphatic heterocycles. The summed E-state index contributed by atoms with van der Waals surface area (Å²) >= 11 is 8.71. The number of hydrogen-bond donors (Lipinski definition) is 2. The lowest BCUT2D eigenvalue weighted by atomic mass is 10.2. The number of aryl methyl sites for hydroxylation is 2. The van der Waals surface area contributed by atoms with Gasteiger partial charge < -0.3 is 10.6 Å². The number of halogens is 2. The van der Waals surface area contributed by atoms with Crippen molar-refractivity contribution in [3.05, 3.63) is 57.8 Å². The van der Waals surface area contributed by atoms with Crippen molar-refractivity contribution >= 4 is 44.6 Å². The molecule has 20 heavy (non-hydrogen) atoms. The second-order valence-corrected chi connectivity index (χ2v) is 5.76. The highest BCUT2D eigenvalue weighted by molar-refractivity contribution is 9.10. The number of thiocarbonyl (C=S) groups is 1. The Balaban J connectivity index is 2.07. The van der Waals surface area contributed by atoms with E-state index in [-0.39, 0.29) is 5.82 Å². The normalized spacial score (nSPS) is 10.2. The van der Waals surface area contributed by atoms with Crippen molar-refractivity contribution in [1.82, 2.24) is 0 Å². The Morgan fingerprint density at radius 1 is 1.05 bits per heavy atom. The number of benzene rings is 2. The summed E-state index contributed by atoms with van der Waals surface area (Å²) in [6.07, 6.45) is 0. The maximum Gasteiger partial charge on any atom is 0.175 e. The number of nitrogens with one attached hydrogen (secondary N) is 2. The molecule has 0 saturated heterocycles. The highest BCUT2D eigenvalue weighted by atomic mass is 79.9. The fourth-order valence-corrected chi connectivity index (χ4v) is 2.25. The average Bonchev–Trinajstić information content (AvgIpc) is 2.37. The Labute approximate surface area is 131 Å². The van der Waals surface area contributed by atoms with Gasteiger partial charge in [-0.15, -0.1) is 0 Å². The van der Waals surface area contributed by atoms with Crippen molar-refractivity contribution in [3.63, 3.8) is 0 Å². The van der Waals surface area contributed by atoms with E-state index in [1.165, 1.54) is 12.1 Å². The van der Waals surface area contributed by atoms with Crippen LogP contribution in [0.4, 0.5) is 15.8 Å². The molecule has 2 aromatic rings. The summed E-state index contributed by atoms with van der Waals surface area (Å²) in [5.74, 6) is -0.254. The van der Waals surface area contributed by atoms with Gasteiger partial charge in [-0.3, -0.25) is 0 Å². The van der Waals surface area contributed by atoms with Crippen LogP contribution in [0.1, 0.15) is 11.1 Å². The molecule has 0 aliphatic rings. The molecule has 0 fully saturated rings. The molecule has 104 valence electrons. The van der Waals surface area contributed by atoms with Crippen LogP contribution >= 0.6 is 28.1 Å². The molecule has 2 N–H and O–H groups in total. The maximum atomic E-state index is 13.0. The van der Waals surface area contributed by atoms with Gasteiger partial charge in [0.25, 0.3) is 0 Å². The van der Waals surface area contributed by atoms with E-state index < -0.39 is 0 Å². The van der Waals surface area contributed by atoms with Crippen molar-refractivity contribution in [2.24, 2.45) is 0 Å². The smallest absolute Gasteiger partial charge is 0.175 e. The highest BCUT2D eigenvalue weighted by Crippen LogP contribution is 2.21. The second kappa shape index (κ2) is 6.33. The van der Waals surface area contributed by atoms with Crippen LogP contribution in [0.25, 0.3) is 0 Å². The van der Waals surface area contributed by atoms with Crippen LogP contribution in [-0.2, 0) is 0 Å². The molecule has 2 aromatic carbocycles. The lowest BCUT2D eigenvalue weighted by molar-refractivity contribution is 0.627.